The van der Waals surface area contributed by atoms with Gasteiger partial charge in [0.1, 0.15) is 0 Å². The van der Waals surface area contributed by atoms with Crippen molar-refractivity contribution in [1.82, 2.24) is 0 Å². The largest absolute Gasteiger partial charge is 0.345 e. The third-order valence-electron chi connectivity index (χ3n) is 4.44. The van der Waals surface area contributed by atoms with E-state index in [1.807, 2.05) is 0 Å². The molecule has 4 atom stereocenters. The quantitative estimate of drug-likeness (QED) is 0.607. The molecule has 0 aromatic heterocycles. The van der Waals surface area contributed by atoms with Crippen LogP contribution in [0.15, 0.2) is 24.3 Å². The molecule has 1 saturated heterocycles. The number of benzene rings is 1. The van der Waals surface area contributed by atoms with Gasteiger partial charge in [-0.15, -0.1) is 0 Å². The van der Waals surface area contributed by atoms with Crippen LogP contribution in [0.4, 0.5) is 5.69 Å². The smallest absolute Gasteiger partial charge is 0.269 e. The highest BCUT2D eigenvalue weighted by Gasteiger charge is 2.45. The Morgan fingerprint density at radius 1 is 1.11 bits per heavy atom. The number of nitrogens with zero attached hydrogens (tertiary/aromatic N) is 1. The third-order valence-corrected chi connectivity index (χ3v) is 4.44. The average Bonchev–Trinajstić information content (AvgIpc) is 2.62. The van der Waals surface area contributed by atoms with Gasteiger partial charge < -0.3 is 9.47 Å². The summed E-state index contributed by atoms with van der Waals surface area (Å²) in [5.74, 6) is 0.987. The number of non-ortho nitro benzene ring substituents is 1. The Bertz CT molecular complexity index is 471. The molecule has 1 aromatic carbocycles. The van der Waals surface area contributed by atoms with Crippen LogP contribution in [0.3, 0.4) is 0 Å². The fourth-order valence-corrected chi connectivity index (χ4v) is 2.95. The normalized spacial score (nSPS) is 37.3. The van der Waals surface area contributed by atoms with Crippen molar-refractivity contribution >= 4 is 5.69 Å². The molecule has 1 heterocycles. The van der Waals surface area contributed by atoms with E-state index in [9.17, 15) is 10.1 Å². The third kappa shape index (κ3) is 2.13. The molecule has 2 aliphatic rings. The van der Waals surface area contributed by atoms with Gasteiger partial charge in [0.25, 0.3) is 5.69 Å². The highest BCUT2D eigenvalue weighted by Crippen LogP contribution is 2.44. The number of nitro benzene ring substituents is 1. The Morgan fingerprint density at radius 3 is 2.11 bits per heavy atom. The summed E-state index contributed by atoms with van der Waals surface area (Å²) in [6, 6.07) is 6.41. The van der Waals surface area contributed by atoms with Gasteiger partial charge in [-0.3, -0.25) is 10.1 Å². The van der Waals surface area contributed by atoms with Gasteiger partial charge in [-0.1, -0.05) is 13.8 Å². The van der Waals surface area contributed by atoms with Crippen molar-refractivity contribution in [2.75, 3.05) is 0 Å². The lowest BCUT2D eigenvalue weighted by molar-refractivity contribution is -0.384. The van der Waals surface area contributed by atoms with E-state index in [0.29, 0.717) is 11.8 Å². The second kappa shape index (κ2) is 4.58. The van der Waals surface area contributed by atoms with Crippen LogP contribution in [-0.4, -0.2) is 17.1 Å². The molecule has 0 amide bonds. The lowest BCUT2D eigenvalue weighted by Crippen LogP contribution is -2.28. The van der Waals surface area contributed by atoms with Crippen LogP contribution in [0, 0.1) is 22.0 Å². The Labute approximate surface area is 111 Å². The SMILES string of the molecule is CC1C2CC(OC(c3ccc([N+](=O)[O-])cc3)O2)C1C. The van der Waals surface area contributed by atoms with Crippen LogP contribution in [0.1, 0.15) is 32.1 Å². The summed E-state index contributed by atoms with van der Waals surface area (Å²) < 4.78 is 11.9. The van der Waals surface area contributed by atoms with Crippen molar-refractivity contribution in [2.24, 2.45) is 11.8 Å². The van der Waals surface area contributed by atoms with E-state index in [-0.39, 0.29) is 17.9 Å². The van der Waals surface area contributed by atoms with E-state index >= 15 is 0 Å². The first-order chi connectivity index (χ1) is 9.06. The van der Waals surface area contributed by atoms with Gasteiger partial charge in [-0.2, -0.15) is 0 Å². The maximum absolute atomic E-state index is 10.6. The van der Waals surface area contributed by atoms with Gasteiger partial charge in [-0.05, 0) is 24.0 Å². The Kier molecular flexibility index (Phi) is 3.03. The van der Waals surface area contributed by atoms with Gasteiger partial charge >= 0.3 is 0 Å². The van der Waals surface area contributed by atoms with E-state index in [1.54, 1.807) is 12.1 Å². The zero-order valence-corrected chi connectivity index (χ0v) is 11.0. The molecule has 5 heteroatoms. The highest BCUT2D eigenvalue weighted by molar-refractivity contribution is 5.33. The van der Waals surface area contributed by atoms with Gasteiger partial charge in [-0.25, -0.2) is 0 Å². The van der Waals surface area contributed by atoms with Crippen LogP contribution in [0.5, 0.6) is 0 Å². The minimum atomic E-state index is -0.403. The second-order valence-corrected chi connectivity index (χ2v) is 5.48. The molecule has 1 saturated carbocycles. The first-order valence-corrected chi connectivity index (χ1v) is 6.61. The maximum atomic E-state index is 10.6. The summed E-state index contributed by atoms with van der Waals surface area (Å²) in [6.45, 7) is 4.38. The average molecular weight is 263 g/mol. The number of ether oxygens (including phenoxy) is 2. The van der Waals surface area contributed by atoms with Crippen molar-refractivity contribution in [3.8, 4) is 0 Å². The van der Waals surface area contributed by atoms with Crippen LogP contribution >= 0.6 is 0 Å². The molecule has 2 fully saturated rings. The molecule has 0 radical (unpaired) electrons. The number of rotatable bonds is 2. The molecular formula is C14H17NO4. The van der Waals surface area contributed by atoms with Gasteiger partial charge in [0.15, 0.2) is 6.29 Å². The molecule has 1 aliphatic heterocycles. The zero-order chi connectivity index (χ0) is 13.6. The lowest BCUT2D eigenvalue weighted by Gasteiger charge is -2.30. The standard InChI is InChI=1S/C14H17NO4/c1-8-9(2)13-7-12(8)18-14(19-13)10-3-5-11(6-4-10)15(16)17/h3-6,8-9,12-14H,7H2,1-2H3. The summed E-state index contributed by atoms with van der Waals surface area (Å²) in [6.07, 6.45) is 1.02. The molecule has 1 aromatic rings. The zero-order valence-electron chi connectivity index (χ0n) is 11.0. The Balaban J connectivity index is 1.79. The minimum absolute atomic E-state index is 0.0873. The summed E-state index contributed by atoms with van der Waals surface area (Å²) in [4.78, 5) is 10.2. The second-order valence-electron chi connectivity index (χ2n) is 5.48. The monoisotopic (exact) mass is 263 g/mol. The predicted molar refractivity (Wildman–Crippen MR) is 68.5 cm³/mol. The molecule has 102 valence electrons. The molecule has 0 N–H and O–H groups in total. The maximum Gasteiger partial charge on any atom is 0.269 e. The van der Waals surface area contributed by atoms with Crippen molar-refractivity contribution in [2.45, 2.75) is 38.8 Å². The van der Waals surface area contributed by atoms with Crippen molar-refractivity contribution < 1.29 is 14.4 Å². The van der Waals surface area contributed by atoms with Crippen LogP contribution in [0.25, 0.3) is 0 Å². The number of nitro groups is 1. The first kappa shape index (κ1) is 12.6. The van der Waals surface area contributed by atoms with E-state index < -0.39 is 11.2 Å². The molecular weight excluding hydrogens is 246 g/mol. The van der Waals surface area contributed by atoms with Gasteiger partial charge in [0.2, 0.25) is 0 Å². The number of fused-ring (bicyclic) bond motifs is 2. The van der Waals surface area contributed by atoms with Crippen molar-refractivity contribution in [3.05, 3.63) is 39.9 Å². The molecule has 3 rings (SSSR count). The highest BCUT2D eigenvalue weighted by atomic mass is 16.7. The molecule has 2 bridgehead atoms. The summed E-state index contributed by atoms with van der Waals surface area (Å²) in [7, 11) is 0. The topological polar surface area (TPSA) is 61.6 Å². The van der Waals surface area contributed by atoms with Crippen LogP contribution in [-0.2, 0) is 9.47 Å². The molecule has 5 nitrogen and oxygen atoms in total. The van der Waals surface area contributed by atoms with Gasteiger partial charge in [0.05, 0.1) is 17.1 Å². The van der Waals surface area contributed by atoms with Crippen molar-refractivity contribution in [3.63, 3.8) is 0 Å². The van der Waals surface area contributed by atoms with E-state index in [4.69, 9.17) is 9.47 Å². The fraction of sp³-hybridized carbons (Fsp3) is 0.571. The number of hydrogen-bond donors (Lipinski definition) is 0. The predicted octanol–water partition coefficient (Wildman–Crippen LogP) is 3.05. The van der Waals surface area contributed by atoms with Crippen LogP contribution in [0.2, 0.25) is 0 Å². The van der Waals surface area contributed by atoms with E-state index in [2.05, 4.69) is 13.8 Å². The number of hydrogen-bond acceptors (Lipinski definition) is 4. The molecule has 4 unspecified atom stereocenters. The summed E-state index contributed by atoms with van der Waals surface area (Å²) in [5, 5.41) is 10.6. The summed E-state index contributed by atoms with van der Waals surface area (Å²) in [5.41, 5.74) is 0.936. The first-order valence-electron chi connectivity index (χ1n) is 6.61. The van der Waals surface area contributed by atoms with Gasteiger partial charge in [0, 0.05) is 24.1 Å². The lowest BCUT2D eigenvalue weighted by atomic mass is 9.98. The molecule has 19 heavy (non-hydrogen) atoms. The van der Waals surface area contributed by atoms with E-state index in [0.717, 1.165) is 12.0 Å². The summed E-state index contributed by atoms with van der Waals surface area (Å²) >= 11 is 0. The molecule has 1 aliphatic carbocycles. The minimum Gasteiger partial charge on any atom is -0.345 e. The van der Waals surface area contributed by atoms with Crippen molar-refractivity contribution in [1.29, 1.82) is 0 Å². The Morgan fingerprint density at radius 2 is 1.63 bits per heavy atom. The van der Waals surface area contributed by atoms with E-state index in [1.165, 1.54) is 12.1 Å². The Hall–Kier alpha value is -1.46. The van der Waals surface area contributed by atoms with Crippen LogP contribution < -0.4 is 0 Å². The molecule has 0 spiro atoms. The fourth-order valence-electron chi connectivity index (χ4n) is 2.95.